The molecule has 0 aliphatic carbocycles. The van der Waals surface area contributed by atoms with Gasteiger partial charge in [-0.15, -0.1) is 0 Å². The highest BCUT2D eigenvalue weighted by molar-refractivity contribution is 6.29. The molecule has 0 aliphatic rings. The molecule has 0 amide bonds. The summed E-state index contributed by atoms with van der Waals surface area (Å²) in [4.78, 5) is 12.6. The number of aryl methyl sites for hydroxylation is 2. The van der Waals surface area contributed by atoms with Gasteiger partial charge in [0.15, 0.2) is 0 Å². The number of rotatable bonds is 2. The average Bonchev–Trinajstić information content (AvgIpc) is 2.63. The van der Waals surface area contributed by atoms with Crippen molar-refractivity contribution in [2.45, 2.75) is 20.3 Å². The molecule has 0 saturated heterocycles. The first-order valence-corrected chi connectivity index (χ1v) is 5.12. The van der Waals surface area contributed by atoms with Gasteiger partial charge < -0.3 is 0 Å². The largest absolute Gasteiger partial charge is 0.288 e. The second kappa shape index (κ2) is 3.98. The van der Waals surface area contributed by atoms with E-state index in [4.69, 9.17) is 11.6 Å². The van der Waals surface area contributed by atoms with Gasteiger partial charge in [0.05, 0.1) is 0 Å². The van der Waals surface area contributed by atoms with E-state index in [0.29, 0.717) is 5.15 Å². The molecule has 0 aliphatic heterocycles. The van der Waals surface area contributed by atoms with Gasteiger partial charge in [0, 0.05) is 24.9 Å². The molecule has 0 unspecified atom stereocenters. The molecule has 0 fully saturated rings. The van der Waals surface area contributed by atoms with E-state index < -0.39 is 0 Å². The minimum atomic E-state index is 0.463. The zero-order chi connectivity index (χ0) is 10.8. The fourth-order valence-corrected chi connectivity index (χ4v) is 1.55. The predicted molar refractivity (Wildman–Crippen MR) is 58.3 cm³/mol. The lowest BCUT2D eigenvalue weighted by Gasteiger charge is -2.05. The van der Waals surface area contributed by atoms with Gasteiger partial charge in [0.25, 0.3) is 0 Å². The van der Waals surface area contributed by atoms with Crippen molar-refractivity contribution in [3.05, 3.63) is 35.3 Å². The Morgan fingerprint density at radius 2 is 2.20 bits per heavy atom. The van der Waals surface area contributed by atoms with Crippen LogP contribution >= 0.6 is 11.6 Å². The molecule has 78 valence electrons. The summed E-state index contributed by atoms with van der Waals surface area (Å²) < 4.78 is 1.88. The first-order chi connectivity index (χ1) is 7.20. The van der Waals surface area contributed by atoms with Gasteiger partial charge in [0.2, 0.25) is 0 Å². The van der Waals surface area contributed by atoms with Crippen LogP contribution < -0.4 is 0 Å². The number of halogens is 1. The third kappa shape index (κ3) is 1.99. The summed E-state index contributed by atoms with van der Waals surface area (Å²) in [5.41, 5.74) is 0. The first kappa shape index (κ1) is 10.1. The van der Waals surface area contributed by atoms with Crippen molar-refractivity contribution in [1.82, 2.24) is 19.5 Å². The molecule has 15 heavy (non-hydrogen) atoms. The Hall–Kier alpha value is -1.42. The number of nitrogens with zero attached hydrogens (tertiary/aromatic N) is 4. The molecule has 0 saturated carbocycles. The normalized spacial score (nSPS) is 10.6. The van der Waals surface area contributed by atoms with Crippen LogP contribution in [0, 0.1) is 6.92 Å². The smallest absolute Gasteiger partial charge is 0.143 e. The number of imidazole rings is 1. The summed E-state index contributed by atoms with van der Waals surface area (Å²) >= 11 is 5.91. The lowest BCUT2D eigenvalue weighted by Crippen LogP contribution is -2.03. The van der Waals surface area contributed by atoms with Crippen LogP contribution in [-0.4, -0.2) is 19.5 Å². The maximum absolute atomic E-state index is 5.91. The van der Waals surface area contributed by atoms with Crippen molar-refractivity contribution in [3.8, 4) is 5.82 Å². The quantitative estimate of drug-likeness (QED) is 0.732. The third-order valence-electron chi connectivity index (χ3n) is 2.12. The molecule has 5 heteroatoms. The molecular weight excluding hydrogens is 212 g/mol. The van der Waals surface area contributed by atoms with Crippen LogP contribution in [0.25, 0.3) is 5.82 Å². The second-order valence-corrected chi connectivity index (χ2v) is 3.55. The van der Waals surface area contributed by atoms with E-state index in [1.165, 1.54) is 0 Å². The van der Waals surface area contributed by atoms with E-state index in [0.717, 1.165) is 23.9 Å². The van der Waals surface area contributed by atoms with E-state index in [-0.39, 0.29) is 0 Å². The molecule has 2 aromatic rings. The number of hydrogen-bond donors (Lipinski definition) is 0. The van der Waals surface area contributed by atoms with E-state index in [1.807, 2.05) is 24.6 Å². The number of aromatic nitrogens is 4. The van der Waals surface area contributed by atoms with Crippen molar-refractivity contribution in [2.75, 3.05) is 0 Å². The van der Waals surface area contributed by atoms with Crippen molar-refractivity contribution < 1.29 is 0 Å². The van der Waals surface area contributed by atoms with E-state index in [1.54, 1.807) is 12.3 Å². The Bertz CT molecular complexity index is 478. The summed E-state index contributed by atoms with van der Waals surface area (Å²) in [5.74, 6) is 2.39. The van der Waals surface area contributed by atoms with Crippen LogP contribution in [0.2, 0.25) is 5.15 Å². The summed E-state index contributed by atoms with van der Waals surface area (Å²) in [6.45, 7) is 3.91. The van der Waals surface area contributed by atoms with Gasteiger partial charge in [-0.3, -0.25) is 4.57 Å². The Morgan fingerprint density at radius 3 is 2.80 bits per heavy atom. The highest BCUT2D eigenvalue weighted by Gasteiger charge is 2.05. The van der Waals surface area contributed by atoms with Crippen LogP contribution in [0.3, 0.4) is 0 Å². The topological polar surface area (TPSA) is 43.6 Å². The Balaban J connectivity index is 2.53. The summed E-state index contributed by atoms with van der Waals surface area (Å²) in [7, 11) is 0. The molecule has 0 N–H and O–H groups in total. The molecule has 0 aromatic carbocycles. The van der Waals surface area contributed by atoms with Gasteiger partial charge in [-0.2, -0.15) is 0 Å². The highest BCUT2D eigenvalue weighted by Crippen LogP contribution is 2.13. The zero-order valence-corrected chi connectivity index (χ0v) is 9.36. The van der Waals surface area contributed by atoms with Crippen molar-refractivity contribution >= 4 is 11.6 Å². The Morgan fingerprint density at radius 1 is 1.40 bits per heavy atom. The molecule has 4 nitrogen and oxygen atoms in total. The lowest BCUT2D eigenvalue weighted by molar-refractivity contribution is 0.866. The SMILES string of the molecule is CCc1nc(Cl)cc(-n2ccnc2C)n1. The van der Waals surface area contributed by atoms with E-state index in [9.17, 15) is 0 Å². The highest BCUT2D eigenvalue weighted by atomic mass is 35.5. The molecule has 2 rings (SSSR count). The van der Waals surface area contributed by atoms with E-state index >= 15 is 0 Å². The minimum Gasteiger partial charge on any atom is -0.288 e. The summed E-state index contributed by atoms with van der Waals surface area (Å²) in [5, 5.41) is 0.463. The maximum Gasteiger partial charge on any atom is 0.143 e. The minimum absolute atomic E-state index is 0.463. The van der Waals surface area contributed by atoms with Crippen molar-refractivity contribution in [2.24, 2.45) is 0 Å². The van der Waals surface area contributed by atoms with Gasteiger partial charge in [-0.05, 0) is 6.92 Å². The lowest BCUT2D eigenvalue weighted by atomic mass is 10.4. The summed E-state index contributed by atoms with van der Waals surface area (Å²) in [6, 6.07) is 1.73. The van der Waals surface area contributed by atoms with Crippen LogP contribution in [0.5, 0.6) is 0 Å². The second-order valence-electron chi connectivity index (χ2n) is 3.16. The van der Waals surface area contributed by atoms with Crippen molar-refractivity contribution in [3.63, 3.8) is 0 Å². The molecule has 0 bridgehead atoms. The molecule has 0 spiro atoms. The van der Waals surface area contributed by atoms with Gasteiger partial charge in [0.1, 0.15) is 22.6 Å². The van der Waals surface area contributed by atoms with Gasteiger partial charge >= 0.3 is 0 Å². The molecule has 0 atom stereocenters. The predicted octanol–water partition coefficient (Wildman–Crippen LogP) is 2.19. The zero-order valence-electron chi connectivity index (χ0n) is 8.61. The molecular formula is C10H11ClN4. The van der Waals surface area contributed by atoms with E-state index in [2.05, 4.69) is 15.0 Å². The molecule has 2 aromatic heterocycles. The van der Waals surface area contributed by atoms with Crippen LogP contribution in [-0.2, 0) is 6.42 Å². The van der Waals surface area contributed by atoms with Crippen LogP contribution in [0.1, 0.15) is 18.6 Å². The van der Waals surface area contributed by atoms with Crippen LogP contribution in [0.4, 0.5) is 0 Å². The van der Waals surface area contributed by atoms with Gasteiger partial charge in [-0.1, -0.05) is 18.5 Å². The Labute approximate surface area is 93.0 Å². The monoisotopic (exact) mass is 222 g/mol. The summed E-state index contributed by atoms with van der Waals surface area (Å²) in [6.07, 6.45) is 4.35. The third-order valence-corrected chi connectivity index (χ3v) is 2.31. The average molecular weight is 223 g/mol. The van der Waals surface area contributed by atoms with Crippen molar-refractivity contribution in [1.29, 1.82) is 0 Å². The number of hydrogen-bond acceptors (Lipinski definition) is 3. The first-order valence-electron chi connectivity index (χ1n) is 4.74. The molecule has 2 heterocycles. The maximum atomic E-state index is 5.91. The molecule has 0 radical (unpaired) electrons. The Kier molecular flexibility index (Phi) is 2.68. The fraction of sp³-hybridized carbons (Fsp3) is 0.300. The van der Waals surface area contributed by atoms with Crippen LogP contribution in [0.15, 0.2) is 18.5 Å². The fourth-order valence-electron chi connectivity index (χ4n) is 1.35. The standard InChI is InChI=1S/C10H11ClN4/c1-3-9-13-8(11)6-10(14-9)15-5-4-12-7(15)2/h4-6H,3H2,1-2H3. The van der Waals surface area contributed by atoms with Gasteiger partial charge in [-0.25, -0.2) is 15.0 Å².